The molecule has 1 aromatic heterocycles. The van der Waals surface area contributed by atoms with Crippen molar-refractivity contribution < 1.29 is 9.47 Å². The van der Waals surface area contributed by atoms with Gasteiger partial charge in [-0.15, -0.1) is 6.58 Å². The molecule has 0 N–H and O–H groups in total. The molecule has 3 aromatic rings. The van der Waals surface area contributed by atoms with Crippen LogP contribution < -0.4 is 15.0 Å². The molecule has 0 bridgehead atoms. The van der Waals surface area contributed by atoms with Crippen molar-refractivity contribution in [1.82, 2.24) is 9.66 Å². The Labute approximate surface area is 209 Å². The SMILES string of the molecule is C=CCc1cc(C=Nn2c(CC)nc3ccc(Br)cc3c2=O)cc(OCC)c1OCC(C)(C)C. The molecule has 0 aliphatic carbocycles. The minimum Gasteiger partial charge on any atom is -0.490 e. The van der Waals surface area contributed by atoms with Crippen molar-refractivity contribution in [2.24, 2.45) is 10.5 Å². The molecule has 0 atom stereocenters. The predicted octanol–water partition coefficient (Wildman–Crippen LogP) is 6.16. The summed E-state index contributed by atoms with van der Waals surface area (Å²) in [5.74, 6) is 1.96. The van der Waals surface area contributed by atoms with Gasteiger partial charge in [-0.3, -0.25) is 4.79 Å². The molecule has 0 saturated carbocycles. The standard InChI is InChI=1S/C27H32BrN3O3/c1-7-10-19-13-18(14-23(33-9-3)25(19)34-17-27(4,5)6)16-29-31-24(8-2)30-22-12-11-20(28)15-21(22)26(31)32/h7,11-16H,1,8-10,17H2,2-6H3. The molecule has 0 fully saturated rings. The molecule has 1 heterocycles. The van der Waals surface area contributed by atoms with Gasteiger partial charge in [0, 0.05) is 16.5 Å². The average molecular weight is 526 g/mol. The largest absolute Gasteiger partial charge is 0.490 e. The highest BCUT2D eigenvalue weighted by Gasteiger charge is 2.17. The monoisotopic (exact) mass is 525 g/mol. The fourth-order valence-corrected chi connectivity index (χ4v) is 3.81. The highest BCUT2D eigenvalue weighted by atomic mass is 79.9. The van der Waals surface area contributed by atoms with Crippen molar-refractivity contribution in [3.05, 3.63) is 74.8 Å². The lowest BCUT2D eigenvalue weighted by atomic mass is 9.98. The third-order valence-corrected chi connectivity index (χ3v) is 5.47. The number of rotatable bonds is 9. The Morgan fingerprint density at radius 2 is 1.94 bits per heavy atom. The molecular formula is C27H32BrN3O3. The van der Waals surface area contributed by atoms with Crippen LogP contribution in [-0.2, 0) is 12.8 Å². The van der Waals surface area contributed by atoms with Gasteiger partial charge in [-0.1, -0.05) is 49.7 Å². The molecule has 6 nitrogen and oxygen atoms in total. The van der Waals surface area contributed by atoms with E-state index < -0.39 is 0 Å². The summed E-state index contributed by atoms with van der Waals surface area (Å²) in [7, 11) is 0. The number of benzene rings is 2. The first-order valence-corrected chi connectivity index (χ1v) is 12.2. The number of aromatic nitrogens is 2. The third-order valence-electron chi connectivity index (χ3n) is 4.98. The van der Waals surface area contributed by atoms with Crippen LogP contribution in [0.25, 0.3) is 10.9 Å². The van der Waals surface area contributed by atoms with Crippen molar-refractivity contribution in [1.29, 1.82) is 0 Å². The van der Waals surface area contributed by atoms with Gasteiger partial charge >= 0.3 is 0 Å². The van der Waals surface area contributed by atoms with Crippen LogP contribution in [0, 0.1) is 5.41 Å². The Bertz CT molecular complexity index is 1270. The van der Waals surface area contributed by atoms with Crippen molar-refractivity contribution in [3.63, 3.8) is 0 Å². The molecule has 0 unspecified atom stereocenters. The number of fused-ring (bicyclic) bond motifs is 1. The van der Waals surface area contributed by atoms with E-state index in [4.69, 9.17) is 9.47 Å². The fraction of sp³-hybridized carbons (Fsp3) is 0.370. The first kappa shape index (κ1) is 25.7. The first-order chi connectivity index (χ1) is 16.2. The lowest BCUT2D eigenvalue weighted by molar-refractivity contribution is 0.187. The lowest BCUT2D eigenvalue weighted by Crippen LogP contribution is -2.22. The summed E-state index contributed by atoms with van der Waals surface area (Å²) in [4.78, 5) is 17.8. The van der Waals surface area contributed by atoms with Gasteiger partial charge in [-0.25, -0.2) is 4.98 Å². The van der Waals surface area contributed by atoms with Crippen LogP contribution in [0.5, 0.6) is 11.5 Å². The van der Waals surface area contributed by atoms with Crippen molar-refractivity contribution in [2.75, 3.05) is 13.2 Å². The van der Waals surface area contributed by atoms with Gasteiger partial charge in [0.1, 0.15) is 5.82 Å². The Hall–Kier alpha value is -2.93. The maximum Gasteiger partial charge on any atom is 0.282 e. The number of hydrogen-bond acceptors (Lipinski definition) is 5. The maximum absolute atomic E-state index is 13.2. The summed E-state index contributed by atoms with van der Waals surface area (Å²) in [6.07, 6.45) is 4.69. The van der Waals surface area contributed by atoms with E-state index in [1.54, 1.807) is 12.3 Å². The van der Waals surface area contributed by atoms with Crippen molar-refractivity contribution >= 4 is 33.0 Å². The molecule has 7 heteroatoms. The number of nitrogens with zero attached hydrogens (tertiary/aromatic N) is 3. The molecule has 0 spiro atoms. The van der Waals surface area contributed by atoms with Gasteiger partial charge in [-0.05, 0) is 54.7 Å². The van der Waals surface area contributed by atoms with E-state index in [1.165, 1.54) is 4.68 Å². The molecule has 0 amide bonds. The number of aryl methyl sites for hydroxylation is 1. The van der Waals surface area contributed by atoms with E-state index in [1.807, 2.05) is 44.2 Å². The second-order valence-electron chi connectivity index (χ2n) is 9.19. The number of allylic oxidation sites excluding steroid dienone is 1. The van der Waals surface area contributed by atoms with E-state index in [-0.39, 0.29) is 11.0 Å². The number of halogens is 1. The van der Waals surface area contributed by atoms with Gasteiger partial charge in [0.15, 0.2) is 11.5 Å². The van der Waals surface area contributed by atoms with Gasteiger partial charge < -0.3 is 9.47 Å². The summed E-state index contributed by atoms with van der Waals surface area (Å²) in [5.41, 5.74) is 2.21. The summed E-state index contributed by atoms with van der Waals surface area (Å²) < 4.78 is 14.3. The topological polar surface area (TPSA) is 65.7 Å². The molecule has 0 radical (unpaired) electrons. The van der Waals surface area contributed by atoms with Gasteiger partial charge in [0.25, 0.3) is 5.56 Å². The minimum atomic E-state index is -0.208. The Kier molecular flexibility index (Phi) is 8.31. The highest BCUT2D eigenvalue weighted by Crippen LogP contribution is 2.35. The smallest absolute Gasteiger partial charge is 0.282 e. The van der Waals surface area contributed by atoms with Crippen LogP contribution in [0.2, 0.25) is 0 Å². The van der Waals surface area contributed by atoms with Crippen molar-refractivity contribution in [2.45, 2.75) is 47.5 Å². The zero-order valence-electron chi connectivity index (χ0n) is 20.5. The molecule has 34 heavy (non-hydrogen) atoms. The van der Waals surface area contributed by atoms with Gasteiger partial charge in [0.2, 0.25) is 0 Å². The summed E-state index contributed by atoms with van der Waals surface area (Å²) >= 11 is 3.43. The molecule has 0 aliphatic rings. The molecule has 0 saturated heterocycles. The van der Waals surface area contributed by atoms with Crippen LogP contribution in [-0.4, -0.2) is 29.1 Å². The highest BCUT2D eigenvalue weighted by molar-refractivity contribution is 9.10. The van der Waals surface area contributed by atoms with E-state index in [2.05, 4.69) is 53.4 Å². The minimum absolute atomic E-state index is 0.00482. The molecular weight excluding hydrogens is 494 g/mol. The second-order valence-corrected chi connectivity index (χ2v) is 10.1. The molecule has 180 valence electrons. The number of hydrogen-bond donors (Lipinski definition) is 0. The predicted molar refractivity (Wildman–Crippen MR) is 143 cm³/mol. The third kappa shape index (κ3) is 6.14. The van der Waals surface area contributed by atoms with Crippen LogP contribution >= 0.6 is 15.9 Å². The van der Waals surface area contributed by atoms with Crippen LogP contribution in [0.1, 0.15) is 51.6 Å². The Morgan fingerprint density at radius 1 is 1.18 bits per heavy atom. The Balaban J connectivity index is 2.09. The second kappa shape index (κ2) is 11.0. The first-order valence-electron chi connectivity index (χ1n) is 11.5. The van der Waals surface area contributed by atoms with E-state index >= 15 is 0 Å². The summed E-state index contributed by atoms with van der Waals surface area (Å²) in [6.45, 7) is 15.2. The summed E-state index contributed by atoms with van der Waals surface area (Å²) in [5, 5.41) is 5.03. The quantitative estimate of drug-likeness (QED) is 0.248. The zero-order chi connectivity index (χ0) is 24.9. The van der Waals surface area contributed by atoms with Crippen LogP contribution in [0.4, 0.5) is 0 Å². The van der Waals surface area contributed by atoms with E-state index in [0.717, 1.165) is 21.3 Å². The van der Waals surface area contributed by atoms with E-state index in [0.29, 0.717) is 48.5 Å². The van der Waals surface area contributed by atoms with Crippen LogP contribution in [0.15, 0.2) is 57.4 Å². The summed E-state index contributed by atoms with van der Waals surface area (Å²) in [6, 6.07) is 9.36. The van der Waals surface area contributed by atoms with Crippen LogP contribution in [0.3, 0.4) is 0 Å². The van der Waals surface area contributed by atoms with Gasteiger partial charge in [0.05, 0.1) is 30.3 Å². The van der Waals surface area contributed by atoms with Crippen molar-refractivity contribution in [3.8, 4) is 11.5 Å². The molecule has 0 aliphatic heterocycles. The zero-order valence-corrected chi connectivity index (χ0v) is 22.1. The van der Waals surface area contributed by atoms with E-state index in [9.17, 15) is 4.79 Å². The molecule has 3 rings (SSSR count). The molecule has 2 aromatic carbocycles. The van der Waals surface area contributed by atoms with Gasteiger partial charge in [-0.2, -0.15) is 9.78 Å². The maximum atomic E-state index is 13.2. The lowest BCUT2D eigenvalue weighted by Gasteiger charge is -2.22. The average Bonchev–Trinajstić information content (AvgIpc) is 2.78. The number of ether oxygens (including phenoxy) is 2. The Morgan fingerprint density at radius 3 is 2.59 bits per heavy atom. The normalized spacial score (nSPS) is 11.8. The fourth-order valence-electron chi connectivity index (χ4n) is 3.45.